The summed E-state index contributed by atoms with van der Waals surface area (Å²) in [5.41, 5.74) is 1.14. The summed E-state index contributed by atoms with van der Waals surface area (Å²) in [5, 5.41) is 12.6. The highest BCUT2D eigenvalue weighted by molar-refractivity contribution is 7.12. The summed E-state index contributed by atoms with van der Waals surface area (Å²) < 4.78 is 19.8. The lowest BCUT2D eigenvalue weighted by atomic mass is 9.97. The molecule has 8 heteroatoms. The average Bonchev–Trinajstić information content (AvgIpc) is 3.08. The number of aromatic nitrogens is 2. The Hall–Kier alpha value is -2.84. The molecule has 0 spiro atoms. The van der Waals surface area contributed by atoms with Crippen LogP contribution in [0.25, 0.3) is 0 Å². The van der Waals surface area contributed by atoms with E-state index in [0.29, 0.717) is 16.9 Å². The minimum Gasteiger partial charge on any atom is -0.436 e. The Morgan fingerprint density at radius 2 is 2.22 bits per heavy atom. The number of nitrogens with zero attached hydrogens (tertiary/aromatic N) is 2. The Bertz CT molecular complexity index is 945. The first-order chi connectivity index (χ1) is 12.8. The molecule has 0 aliphatic heterocycles. The lowest BCUT2D eigenvalue weighted by molar-refractivity contribution is 0.0781. The van der Waals surface area contributed by atoms with Gasteiger partial charge in [0.2, 0.25) is 5.88 Å². The normalized spacial score (nSPS) is 11.3. The minimum atomic E-state index is -1.14. The summed E-state index contributed by atoms with van der Waals surface area (Å²) in [7, 11) is 0. The van der Waals surface area contributed by atoms with Crippen LogP contribution < -0.4 is 10.1 Å². The second kappa shape index (κ2) is 7.81. The fourth-order valence-electron chi connectivity index (χ4n) is 2.31. The molecule has 0 aliphatic rings. The van der Waals surface area contributed by atoms with Crippen molar-refractivity contribution in [2.75, 3.05) is 0 Å². The average molecular weight is 389 g/mol. The van der Waals surface area contributed by atoms with E-state index in [2.05, 4.69) is 15.3 Å². The van der Waals surface area contributed by atoms with Crippen LogP contribution >= 0.6 is 11.3 Å². The molecule has 2 N–H and O–H groups in total. The SMILES string of the molecule is CC(C)(O)c1ccc(CNC(=O)c2scnc2Oc2cccnc2)c(F)c1.[HH]. The van der Waals surface area contributed by atoms with Gasteiger partial charge in [-0.15, -0.1) is 11.3 Å². The van der Waals surface area contributed by atoms with Crippen molar-refractivity contribution in [1.29, 1.82) is 0 Å². The van der Waals surface area contributed by atoms with E-state index in [1.807, 2.05) is 0 Å². The van der Waals surface area contributed by atoms with Crippen molar-refractivity contribution < 1.29 is 20.5 Å². The van der Waals surface area contributed by atoms with Crippen molar-refractivity contribution in [1.82, 2.24) is 15.3 Å². The molecule has 0 aliphatic carbocycles. The maximum Gasteiger partial charge on any atom is 0.267 e. The highest BCUT2D eigenvalue weighted by Gasteiger charge is 2.19. The van der Waals surface area contributed by atoms with Gasteiger partial charge in [-0.2, -0.15) is 0 Å². The van der Waals surface area contributed by atoms with Gasteiger partial charge >= 0.3 is 0 Å². The molecule has 0 atom stereocenters. The maximum absolute atomic E-state index is 14.2. The third-order valence-corrected chi connectivity index (χ3v) is 4.60. The Labute approximate surface area is 161 Å². The van der Waals surface area contributed by atoms with Gasteiger partial charge < -0.3 is 15.2 Å². The van der Waals surface area contributed by atoms with E-state index in [9.17, 15) is 14.3 Å². The molecule has 6 nitrogen and oxygen atoms in total. The van der Waals surface area contributed by atoms with E-state index in [0.717, 1.165) is 11.3 Å². The Morgan fingerprint density at radius 3 is 2.89 bits per heavy atom. The first-order valence-corrected chi connectivity index (χ1v) is 9.03. The van der Waals surface area contributed by atoms with Crippen molar-refractivity contribution >= 4 is 17.2 Å². The van der Waals surface area contributed by atoms with E-state index in [1.54, 1.807) is 44.3 Å². The molecular weight excluding hydrogens is 369 g/mol. The van der Waals surface area contributed by atoms with E-state index in [1.165, 1.54) is 17.8 Å². The summed E-state index contributed by atoms with van der Waals surface area (Å²) in [5.74, 6) is -0.275. The van der Waals surface area contributed by atoms with Crippen LogP contribution in [0.15, 0.2) is 48.2 Å². The van der Waals surface area contributed by atoms with Crippen molar-refractivity contribution in [2.45, 2.75) is 26.0 Å². The number of hydrogen-bond acceptors (Lipinski definition) is 6. The fourth-order valence-corrected chi connectivity index (χ4v) is 2.93. The van der Waals surface area contributed by atoms with Crippen LogP contribution in [-0.4, -0.2) is 21.0 Å². The van der Waals surface area contributed by atoms with Gasteiger partial charge in [0.1, 0.15) is 11.6 Å². The van der Waals surface area contributed by atoms with Crippen LogP contribution in [0.3, 0.4) is 0 Å². The number of amides is 1. The number of ether oxygens (including phenoxy) is 1. The summed E-state index contributed by atoms with van der Waals surface area (Å²) in [6.07, 6.45) is 3.12. The second-order valence-corrected chi connectivity index (χ2v) is 7.18. The molecule has 0 bridgehead atoms. The van der Waals surface area contributed by atoms with Crippen LogP contribution in [0.4, 0.5) is 4.39 Å². The molecule has 0 unspecified atom stereocenters. The van der Waals surface area contributed by atoms with Crippen LogP contribution in [0.5, 0.6) is 11.6 Å². The number of carbonyl (C=O) groups excluding carboxylic acids is 1. The predicted octanol–water partition coefficient (Wildman–Crippen LogP) is 3.87. The molecule has 2 aromatic heterocycles. The van der Waals surface area contributed by atoms with Gasteiger partial charge in [-0.25, -0.2) is 9.37 Å². The predicted molar refractivity (Wildman–Crippen MR) is 101 cm³/mol. The van der Waals surface area contributed by atoms with Crippen LogP contribution in [0.2, 0.25) is 0 Å². The van der Waals surface area contributed by atoms with Crippen LogP contribution in [0, 0.1) is 5.82 Å². The Balaban J connectivity index is 0.00000280. The van der Waals surface area contributed by atoms with E-state index in [-0.39, 0.29) is 18.7 Å². The third kappa shape index (κ3) is 4.66. The van der Waals surface area contributed by atoms with Gasteiger partial charge in [0.25, 0.3) is 5.91 Å². The van der Waals surface area contributed by atoms with Crippen molar-refractivity contribution in [2.24, 2.45) is 0 Å². The number of halogens is 1. The zero-order chi connectivity index (χ0) is 19.4. The number of rotatable bonds is 6. The number of thiazole rings is 1. The summed E-state index contributed by atoms with van der Waals surface area (Å²) in [4.78, 5) is 20.7. The zero-order valence-corrected chi connectivity index (χ0v) is 15.6. The lowest BCUT2D eigenvalue weighted by Gasteiger charge is -2.18. The molecule has 27 heavy (non-hydrogen) atoms. The first kappa shape index (κ1) is 18.9. The van der Waals surface area contributed by atoms with Crippen molar-refractivity contribution in [3.63, 3.8) is 0 Å². The van der Waals surface area contributed by atoms with Crippen LogP contribution in [0.1, 0.15) is 36.1 Å². The second-order valence-electron chi connectivity index (χ2n) is 6.33. The lowest BCUT2D eigenvalue weighted by Crippen LogP contribution is -2.23. The van der Waals surface area contributed by atoms with Crippen molar-refractivity contribution in [3.05, 3.63) is 70.1 Å². The number of benzene rings is 1. The molecule has 142 valence electrons. The smallest absolute Gasteiger partial charge is 0.267 e. The maximum atomic E-state index is 14.2. The monoisotopic (exact) mass is 389 g/mol. The fraction of sp³-hybridized carbons (Fsp3) is 0.211. The largest absolute Gasteiger partial charge is 0.436 e. The first-order valence-electron chi connectivity index (χ1n) is 8.15. The number of nitrogens with one attached hydrogen (secondary N) is 1. The molecular formula is C19H20FN3O3S. The summed E-state index contributed by atoms with van der Waals surface area (Å²) >= 11 is 1.13. The zero-order valence-electron chi connectivity index (χ0n) is 14.8. The highest BCUT2D eigenvalue weighted by atomic mass is 32.1. The molecule has 0 fully saturated rings. The number of hydrogen-bond donors (Lipinski definition) is 2. The highest BCUT2D eigenvalue weighted by Crippen LogP contribution is 2.26. The van der Waals surface area contributed by atoms with Gasteiger partial charge in [-0.3, -0.25) is 9.78 Å². The molecule has 0 saturated carbocycles. The minimum absolute atomic E-state index is 0. The van der Waals surface area contributed by atoms with E-state index in [4.69, 9.17) is 4.74 Å². The van der Waals surface area contributed by atoms with Gasteiger partial charge in [-0.05, 0) is 37.6 Å². The quantitative estimate of drug-likeness (QED) is 0.668. The molecule has 1 aromatic carbocycles. The van der Waals surface area contributed by atoms with Gasteiger partial charge in [0.15, 0.2) is 4.88 Å². The van der Waals surface area contributed by atoms with Gasteiger partial charge in [0.05, 0.1) is 17.3 Å². The van der Waals surface area contributed by atoms with Crippen LogP contribution in [-0.2, 0) is 12.1 Å². The number of carbonyl (C=O) groups is 1. The number of aliphatic hydroxyl groups is 1. The van der Waals surface area contributed by atoms with E-state index >= 15 is 0 Å². The molecule has 1 amide bonds. The third-order valence-electron chi connectivity index (χ3n) is 3.79. The summed E-state index contributed by atoms with van der Waals surface area (Å²) in [6, 6.07) is 7.86. The molecule has 3 rings (SSSR count). The molecule has 0 saturated heterocycles. The van der Waals surface area contributed by atoms with Gasteiger partial charge in [0, 0.05) is 19.7 Å². The molecule has 0 radical (unpaired) electrons. The molecule has 2 heterocycles. The topological polar surface area (TPSA) is 84.3 Å². The standard InChI is InChI=1S/C19H18FN3O3S.H2/c1-19(2,25)13-6-5-12(15(20)8-13)9-22-17(24)16-18(23-11-27-16)26-14-4-3-7-21-10-14;/h3-8,10-11,25H,9H2,1-2H3,(H,22,24);1H. The molecule has 3 aromatic rings. The number of pyridine rings is 1. The summed E-state index contributed by atoms with van der Waals surface area (Å²) in [6.45, 7) is 3.16. The van der Waals surface area contributed by atoms with Gasteiger partial charge in [-0.1, -0.05) is 12.1 Å². The Kier molecular flexibility index (Phi) is 5.48. The van der Waals surface area contributed by atoms with E-state index < -0.39 is 17.3 Å². The van der Waals surface area contributed by atoms with Crippen molar-refractivity contribution in [3.8, 4) is 11.6 Å². The Morgan fingerprint density at radius 1 is 1.41 bits per heavy atom.